The highest BCUT2D eigenvalue weighted by Crippen LogP contribution is 2.34. The quantitative estimate of drug-likeness (QED) is 0.743. The lowest BCUT2D eigenvalue weighted by atomic mass is 9.92. The number of rotatable bonds is 1. The van der Waals surface area contributed by atoms with Crippen LogP contribution in [-0.4, -0.2) is 18.2 Å². The van der Waals surface area contributed by atoms with Crippen LogP contribution in [0, 0.1) is 6.92 Å². The number of nitrogens with one attached hydrogen (secondary N) is 1. The lowest BCUT2D eigenvalue weighted by molar-refractivity contribution is 0.0588. The van der Waals surface area contributed by atoms with E-state index in [0.717, 1.165) is 24.1 Å². The van der Waals surface area contributed by atoms with Gasteiger partial charge in [0.25, 0.3) is 0 Å². The van der Waals surface area contributed by atoms with Crippen molar-refractivity contribution in [1.82, 2.24) is 5.32 Å². The van der Waals surface area contributed by atoms with Crippen LogP contribution in [-0.2, 0) is 5.60 Å². The van der Waals surface area contributed by atoms with E-state index in [-0.39, 0.29) is 0 Å². The molecule has 0 aromatic heterocycles. The number of hydrogen-bond donors (Lipinski definition) is 2. The number of halogens is 1. The Bertz CT molecular complexity index is 345. The van der Waals surface area contributed by atoms with E-state index in [4.69, 9.17) is 11.6 Å². The third kappa shape index (κ3) is 1.54. The molecule has 1 aliphatic heterocycles. The molecule has 1 aliphatic rings. The minimum atomic E-state index is -0.775. The maximum Gasteiger partial charge on any atom is 0.105 e. The fraction of sp³-hybridized carbons (Fsp3) is 0.455. The van der Waals surface area contributed by atoms with Gasteiger partial charge in [0.05, 0.1) is 0 Å². The molecular weight excluding hydrogens is 198 g/mol. The monoisotopic (exact) mass is 211 g/mol. The van der Waals surface area contributed by atoms with E-state index in [9.17, 15) is 5.11 Å². The maximum absolute atomic E-state index is 10.3. The molecule has 2 N–H and O–H groups in total. The second-order valence-corrected chi connectivity index (χ2v) is 4.27. The minimum absolute atomic E-state index is 0.593. The van der Waals surface area contributed by atoms with E-state index in [0.29, 0.717) is 11.6 Å². The zero-order valence-corrected chi connectivity index (χ0v) is 8.93. The zero-order valence-electron chi connectivity index (χ0n) is 8.18. The first kappa shape index (κ1) is 9.97. The van der Waals surface area contributed by atoms with Gasteiger partial charge in [-0.3, -0.25) is 0 Å². The fourth-order valence-corrected chi connectivity index (χ4v) is 2.22. The Balaban J connectivity index is 2.45. The van der Waals surface area contributed by atoms with E-state index in [2.05, 4.69) is 5.32 Å². The van der Waals surface area contributed by atoms with Crippen LogP contribution in [0.1, 0.15) is 17.5 Å². The minimum Gasteiger partial charge on any atom is -0.384 e. The number of aliphatic hydroxyl groups is 1. The van der Waals surface area contributed by atoms with Crippen LogP contribution in [0.25, 0.3) is 0 Å². The molecule has 2 rings (SSSR count). The number of aryl methyl sites for hydroxylation is 1. The topological polar surface area (TPSA) is 32.3 Å². The van der Waals surface area contributed by atoms with E-state index in [1.165, 1.54) is 0 Å². The molecule has 0 radical (unpaired) electrons. The normalized spacial score (nSPS) is 26.8. The molecule has 0 amide bonds. The molecule has 1 fully saturated rings. The molecule has 1 heterocycles. The summed E-state index contributed by atoms with van der Waals surface area (Å²) in [6, 6.07) is 5.80. The van der Waals surface area contributed by atoms with Gasteiger partial charge in [0.1, 0.15) is 5.60 Å². The summed E-state index contributed by atoms with van der Waals surface area (Å²) in [7, 11) is 0. The molecule has 14 heavy (non-hydrogen) atoms. The van der Waals surface area contributed by atoms with Crippen molar-refractivity contribution in [3.05, 3.63) is 34.3 Å². The molecule has 1 saturated heterocycles. The van der Waals surface area contributed by atoms with Gasteiger partial charge < -0.3 is 10.4 Å². The molecule has 3 heteroatoms. The molecule has 0 saturated carbocycles. The molecule has 1 aromatic carbocycles. The summed E-state index contributed by atoms with van der Waals surface area (Å²) < 4.78 is 0. The Hall–Kier alpha value is -0.570. The van der Waals surface area contributed by atoms with Crippen LogP contribution in [0.3, 0.4) is 0 Å². The zero-order chi connectivity index (χ0) is 10.2. The van der Waals surface area contributed by atoms with Crippen LogP contribution in [0.2, 0.25) is 5.02 Å². The SMILES string of the molecule is Cc1cccc(C2(O)CCNC2)c1Cl. The van der Waals surface area contributed by atoms with Crippen molar-refractivity contribution in [3.63, 3.8) is 0 Å². The van der Waals surface area contributed by atoms with Gasteiger partial charge in [-0.05, 0) is 25.5 Å². The Morgan fingerprint density at radius 1 is 1.50 bits per heavy atom. The van der Waals surface area contributed by atoms with E-state index >= 15 is 0 Å². The average molecular weight is 212 g/mol. The van der Waals surface area contributed by atoms with Crippen molar-refractivity contribution in [1.29, 1.82) is 0 Å². The Morgan fingerprint density at radius 2 is 2.29 bits per heavy atom. The van der Waals surface area contributed by atoms with Gasteiger partial charge in [0.15, 0.2) is 0 Å². The van der Waals surface area contributed by atoms with Gasteiger partial charge in [-0.1, -0.05) is 29.8 Å². The van der Waals surface area contributed by atoms with Gasteiger partial charge in [0, 0.05) is 17.1 Å². The van der Waals surface area contributed by atoms with Crippen LogP contribution in [0.15, 0.2) is 18.2 Å². The average Bonchev–Trinajstić information content (AvgIpc) is 2.58. The molecule has 1 aromatic rings. The molecular formula is C11H14ClNO. The Morgan fingerprint density at radius 3 is 2.93 bits per heavy atom. The standard InChI is InChI=1S/C11H14ClNO/c1-8-3-2-4-9(10(8)12)11(14)5-6-13-7-11/h2-4,13-14H,5-7H2,1H3. The second-order valence-electron chi connectivity index (χ2n) is 3.89. The first-order chi connectivity index (χ1) is 6.63. The van der Waals surface area contributed by atoms with Crippen LogP contribution in [0.4, 0.5) is 0 Å². The number of benzene rings is 1. The van der Waals surface area contributed by atoms with Crippen molar-refractivity contribution in [2.45, 2.75) is 18.9 Å². The highest BCUT2D eigenvalue weighted by molar-refractivity contribution is 6.32. The smallest absolute Gasteiger partial charge is 0.105 e. The number of β-amino-alcohol motifs (C(OH)–C–C–N with tert-alkyl or cyclic N) is 1. The Kier molecular flexibility index (Phi) is 2.52. The summed E-state index contributed by atoms with van der Waals surface area (Å²) in [5.74, 6) is 0. The molecule has 0 bridgehead atoms. The van der Waals surface area contributed by atoms with E-state index < -0.39 is 5.60 Å². The molecule has 0 aliphatic carbocycles. The van der Waals surface area contributed by atoms with Gasteiger partial charge >= 0.3 is 0 Å². The summed E-state index contributed by atoms with van der Waals surface area (Å²) >= 11 is 6.18. The highest BCUT2D eigenvalue weighted by atomic mass is 35.5. The maximum atomic E-state index is 10.3. The number of hydrogen-bond acceptors (Lipinski definition) is 2. The van der Waals surface area contributed by atoms with Crippen LogP contribution in [0.5, 0.6) is 0 Å². The summed E-state index contributed by atoms with van der Waals surface area (Å²) in [5.41, 5.74) is 1.09. The van der Waals surface area contributed by atoms with Crippen molar-refractivity contribution in [2.75, 3.05) is 13.1 Å². The predicted octanol–water partition coefficient (Wildman–Crippen LogP) is 1.83. The Labute approximate surface area is 88.9 Å². The third-order valence-electron chi connectivity index (χ3n) is 2.83. The first-order valence-corrected chi connectivity index (χ1v) is 5.20. The van der Waals surface area contributed by atoms with Gasteiger partial charge in [0.2, 0.25) is 0 Å². The highest BCUT2D eigenvalue weighted by Gasteiger charge is 2.34. The van der Waals surface area contributed by atoms with Crippen molar-refractivity contribution >= 4 is 11.6 Å². The predicted molar refractivity (Wildman–Crippen MR) is 57.6 cm³/mol. The van der Waals surface area contributed by atoms with Crippen LogP contribution >= 0.6 is 11.6 Å². The summed E-state index contributed by atoms with van der Waals surface area (Å²) in [6.45, 7) is 3.40. The van der Waals surface area contributed by atoms with Gasteiger partial charge in [-0.15, -0.1) is 0 Å². The summed E-state index contributed by atoms with van der Waals surface area (Å²) in [4.78, 5) is 0. The van der Waals surface area contributed by atoms with E-state index in [1.54, 1.807) is 0 Å². The molecule has 1 atom stereocenters. The van der Waals surface area contributed by atoms with Gasteiger partial charge in [-0.25, -0.2) is 0 Å². The molecule has 0 spiro atoms. The van der Waals surface area contributed by atoms with Crippen molar-refractivity contribution in [3.8, 4) is 0 Å². The third-order valence-corrected chi connectivity index (χ3v) is 3.33. The molecule has 1 unspecified atom stereocenters. The van der Waals surface area contributed by atoms with E-state index in [1.807, 2.05) is 25.1 Å². The molecule has 76 valence electrons. The fourth-order valence-electron chi connectivity index (χ4n) is 1.92. The first-order valence-electron chi connectivity index (χ1n) is 4.82. The lowest BCUT2D eigenvalue weighted by Crippen LogP contribution is -2.28. The summed E-state index contributed by atoms with van der Waals surface area (Å²) in [6.07, 6.45) is 0.732. The van der Waals surface area contributed by atoms with Gasteiger partial charge in [-0.2, -0.15) is 0 Å². The summed E-state index contributed by atoms with van der Waals surface area (Å²) in [5, 5.41) is 14.2. The van der Waals surface area contributed by atoms with Crippen molar-refractivity contribution < 1.29 is 5.11 Å². The van der Waals surface area contributed by atoms with Crippen molar-refractivity contribution in [2.24, 2.45) is 0 Å². The van der Waals surface area contributed by atoms with Crippen LogP contribution < -0.4 is 5.32 Å². The largest absolute Gasteiger partial charge is 0.384 e. The second kappa shape index (κ2) is 3.54. The molecule has 2 nitrogen and oxygen atoms in total. The lowest BCUT2D eigenvalue weighted by Gasteiger charge is -2.23.